The van der Waals surface area contributed by atoms with E-state index >= 15 is 0 Å². The zero-order chi connectivity index (χ0) is 12.1. The summed E-state index contributed by atoms with van der Waals surface area (Å²) in [5.41, 5.74) is 3.57. The van der Waals surface area contributed by atoms with Crippen molar-refractivity contribution in [2.24, 2.45) is 7.05 Å². The first-order valence-corrected chi connectivity index (χ1v) is 6.07. The molecule has 0 aliphatic heterocycles. The number of fused-ring (bicyclic) bond motifs is 5. The number of aryl methyl sites for hydroxylation is 1. The van der Waals surface area contributed by atoms with Gasteiger partial charge in [-0.1, -0.05) is 36.4 Å². The molecule has 0 saturated carbocycles. The summed E-state index contributed by atoms with van der Waals surface area (Å²) in [4.78, 5) is 4.56. The molecule has 86 valence electrons. The molecule has 0 amide bonds. The van der Waals surface area contributed by atoms with E-state index in [9.17, 15) is 0 Å². The Morgan fingerprint density at radius 3 is 2.44 bits per heavy atom. The third-order valence-electron chi connectivity index (χ3n) is 3.64. The molecule has 0 fully saturated rings. The lowest BCUT2D eigenvalue weighted by atomic mass is 10.1. The molecule has 2 heteroatoms. The SMILES string of the molecule is Cn1c2ccccc2c2cnc3ccccc3c21. The molecular weight excluding hydrogens is 220 g/mol. The van der Waals surface area contributed by atoms with Gasteiger partial charge in [0.05, 0.1) is 11.0 Å². The largest absolute Gasteiger partial charge is 0.343 e. The first kappa shape index (κ1) is 9.66. The van der Waals surface area contributed by atoms with Crippen molar-refractivity contribution < 1.29 is 0 Å². The molecule has 2 heterocycles. The van der Waals surface area contributed by atoms with Crippen LogP contribution in [-0.2, 0) is 7.05 Å². The average Bonchev–Trinajstić information content (AvgIpc) is 2.73. The van der Waals surface area contributed by atoms with Crippen LogP contribution in [0.3, 0.4) is 0 Å². The maximum Gasteiger partial charge on any atom is 0.0723 e. The highest BCUT2D eigenvalue weighted by Crippen LogP contribution is 2.31. The molecule has 0 N–H and O–H groups in total. The van der Waals surface area contributed by atoms with Crippen molar-refractivity contribution in [1.82, 2.24) is 9.55 Å². The van der Waals surface area contributed by atoms with Crippen LogP contribution < -0.4 is 0 Å². The summed E-state index contributed by atoms with van der Waals surface area (Å²) in [5, 5.41) is 3.72. The van der Waals surface area contributed by atoms with Crippen molar-refractivity contribution in [3.8, 4) is 0 Å². The van der Waals surface area contributed by atoms with Gasteiger partial charge >= 0.3 is 0 Å². The molecule has 0 spiro atoms. The third-order valence-corrected chi connectivity index (χ3v) is 3.64. The molecule has 0 atom stereocenters. The minimum atomic E-state index is 1.05. The van der Waals surface area contributed by atoms with Crippen LogP contribution in [0, 0.1) is 0 Å². The Labute approximate surface area is 104 Å². The highest BCUT2D eigenvalue weighted by molar-refractivity contribution is 6.16. The van der Waals surface area contributed by atoms with Gasteiger partial charge in [0.15, 0.2) is 0 Å². The first-order chi connectivity index (χ1) is 8.86. The number of pyridine rings is 1. The Balaban J connectivity index is 2.39. The van der Waals surface area contributed by atoms with Crippen molar-refractivity contribution in [2.45, 2.75) is 0 Å². The predicted molar refractivity (Wildman–Crippen MR) is 75.7 cm³/mol. The number of hydrogen-bond acceptors (Lipinski definition) is 1. The van der Waals surface area contributed by atoms with Crippen LogP contribution in [0.4, 0.5) is 0 Å². The fourth-order valence-electron chi connectivity index (χ4n) is 2.80. The summed E-state index contributed by atoms with van der Waals surface area (Å²) in [6, 6.07) is 16.8. The molecule has 2 aromatic heterocycles. The van der Waals surface area contributed by atoms with Gasteiger partial charge in [-0.05, 0) is 12.1 Å². The van der Waals surface area contributed by atoms with E-state index in [2.05, 4.69) is 59.1 Å². The molecule has 0 aliphatic carbocycles. The zero-order valence-electron chi connectivity index (χ0n) is 10.1. The van der Waals surface area contributed by atoms with Crippen molar-refractivity contribution in [3.63, 3.8) is 0 Å². The maximum atomic E-state index is 4.56. The molecule has 2 nitrogen and oxygen atoms in total. The second kappa shape index (κ2) is 3.33. The van der Waals surface area contributed by atoms with Gasteiger partial charge in [0.2, 0.25) is 0 Å². The van der Waals surface area contributed by atoms with E-state index in [1.165, 1.54) is 27.2 Å². The Morgan fingerprint density at radius 2 is 1.56 bits per heavy atom. The molecule has 4 aromatic rings. The van der Waals surface area contributed by atoms with Gasteiger partial charge in [0.25, 0.3) is 0 Å². The van der Waals surface area contributed by atoms with Crippen LogP contribution >= 0.6 is 0 Å². The Morgan fingerprint density at radius 1 is 0.833 bits per heavy atom. The van der Waals surface area contributed by atoms with Gasteiger partial charge in [-0.15, -0.1) is 0 Å². The molecule has 0 radical (unpaired) electrons. The molecule has 0 aliphatic rings. The Kier molecular flexibility index (Phi) is 1.78. The number of aromatic nitrogens is 2. The topological polar surface area (TPSA) is 17.8 Å². The molecule has 18 heavy (non-hydrogen) atoms. The van der Waals surface area contributed by atoms with Gasteiger partial charge in [0, 0.05) is 34.9 Å². The van der Waals surface area contributed by atoms with E-state index in [1.54, 1.807) is 0 Å². The second-order valence-corrected chi connectivity index (χ2v) is 4.61. The monoisotopic (exact) mass is 232 g/mol. The number of hydrogen-bond donors (Lipinski definition) is 0. The minimum absolute atomic E-state index is 1.05. The smallest absolute Gasteiger partial charge is 0.0723 e. The lowest BCUT2D eigenvalue weighted by Crippen LogP contribution is -1.88. The standard InChI is InChI=1S/C16H12N2/c1-18-15-9-5-3-6-11(15)13-10-17-14-8-4-2-7-12(14)16(13)18/h2-10H,1H3. The number of rotatable bonds is 0. The predicted octanol–water partition coefficient (Wildman–Crippen LogP) is 3.88. The van der Waals surface area contributed by atoms with Gasteiger partial charge in [0.1, 0.15) is 0 Å². The number of nitrogens with zero attached hydrogens (tertiary/aromatic N) is 2. The van der Waals surface area contributed by atoms with Crippen LogP contribution in [0.5, 0.6) is 0 Å². The summed E-state index contributed by atoms with van der Waals surface area (Å²) >= 11 is 0. The Bertz CT molecular complexity index is 887. The van der Waals surface area contributed by atoms with Crippen LogP contribution in [0.1, 0.15) is 0 Å². The van der Waals surface area contributed by atoms with E-state index < -0.39 is 0 Å². The van der Waals surface area contributed by atoms with Crippen LogP contribution in [-0.4, -0.2) is 9.55 Å². The fourth-order valence-corrected chi connectivity index (χ4v) is 2.80. The highest BCUT2D eigenvalue weighted by atomic mass is 14.9. The van der Waals surface area contributed by atoms with Crippen LogP contribution in [0.15, 0.2) is 54.7 Å². The molecule has 0 unspecified atom stereocenters. The van der Waals surface area contributed by atoms with Gasteiger partial charge < -0.3 is 4.57 Å². The summed E-state index contributed by atoms with van der Waals surface area (Å²) in [6.07, 6.45) is 1.99. The first-order valence-electron chi connectivity index (χ1n) is 6.07. The number of para-hydroxylation sites is 2. The zero-order valence-corrected chi connectivity index (χ0v) is 10.1. The summed E-state index contributed by atoms with van der Waals surface area (Å²) in [7, 11) is 2.12. The van der Waals surface area contributed by atoms with Gasteiger partial charge in [-0.3, -0.25) is 4.98 Å². The van der Waals surface area contributed by atoms with E-state index in [0.717, 1.165) is 5.52 Å². The maximum absolute atomic E-state index is 4.56. The molecule has 0 bridgehead atoms. The average molecular weight is 232 g/mol. The summed E-state index contributed by atoms with van der Waals surface area (Å²) in [6.45, 7) is 0. The fraction of sp³-hybridized carbons (Fsp3) is 0.0625. The van der Waals surface area contributed by atoms with Crippen molar-refractivity contribution in [3.05, 3.63) is 54.7 Å². The van der Waals surface area contributed by atoms with Crippen molar-refractivity contribution in [2.75, 3.05) is 0 Å². The second-order valence-electron chi connectivity index (χ2n) is 4.61. The summed E-state index contributed by atoms with van der Waals surface area (Å²) in [5.74, 6) is 0. The van der Waals surface area contributed by atoms with Crippen molar-refractivity contribution >= 4 is 32.7 Å². The van der Waals surface area contributed by atoms with E-state index in [0.29, 0.717) is 0 Å². The molecule has 2 aromatic carbocycles. The molecule has 0 saturated heterocycles. The third kappa shape index (κ3) is 1.10. The van der Waals surface area contributed by atoms with Crippen LogP contribution in [0.25, 0.3) is 32.7 Å². The summed E-state index contributed by atoms with van der Waals surface area (Å²) < 4.78 is 2.26. The Hall–Kier alpha value is -2.35. The number of benzene rings is 2. The quantitative estimate of drug-likeness (QED) is 0.450. The highest BCUT2D eigenvalue weighted by Gasteiger charge is 2.10. The van der Waals surface area contributed by atoms with E-state index in [-0.39, 0.29) is 0 Å². The lowest BCUT2D eigenvalue weighted by Gasteiger charge is -2.02. The van der Waals surface area contributed by atoms with Crippen LogP contribution in [0.2, 0.25) is 0 Å². The molecule has 4 rings (SSSR count). The normalized spacial score (nSPS) is 11.6. The van der Waals surface area contributed by atoms with E-state index in [4.69, 9.17) is 0 Å². The lowest BCUT2D eigenvalue weighted by molar-refractivity contribution is 1.02. The van der Waals surface area contributed by atoms with Gasteiger partial charge in [-0.25, -0.2) is 0 Å². The van der Waals surface area contributed by atoms with Crippen molar-refractivity contribution in [1.29, 1.82) is 0 Å². The molecular formula is C16H12N2. The minimum Gasteiger partial charge on any atom is -0.343 e. The van der Waals surface area contributed by atoms with Gasteiger partial charge in [-0.2, -0.15) is 0 Å². The van der Waals surface area contributed by atoms with E-state index in [1.807, 2.05) is 12.3 Å².